The Bertz CT molecular complexity index is 564. The van der Waals surface area contributed by atoms with Crippen molar-refractivity contribution in [2.75, 3.05) is 32.1 Å². The minimum absolute atomic E-state index is 0.450. The Morgan fingerprint density at radius 2 is 2.19 bits per heavy atom. The predicted molar refractivity (Wildman–Crippen MR) is 94.5 cm³/mol. The van der Waals surface area contributed by atoms with Crippen molar-refractivity contribution in [1.29, 1.82) is 0 Å². The number of fused-ring (bicyclic) bond motifs is 1. The number of thiophene rings is 1. The molecule has 0 saturated carbocycles. The van der Waals surface area contributed by atoms with Crippen LogP contribution in [0, 0.1) is 0 Å². The van der Waals surface area contributed by atoms with E-state index in [1.165, 1.54) is 10.1 Å². The molecule has 0 amide bonds. The number of benzene rings is 1. The number of hydrogen-bond acceptors (Lipinski definition) is 4. The minimum Gasteiger partial charge on any atom is -0.386 e. The van der Waals surface area contributed by atoms with Crippen molar-refractivity contribution >= 4 is 39.1 Å². The van der Waals surface area contributed by atoms with Gasteiger partial charge in [-0.2, -0.15) is 11.8 Å². The summed E-state index contributed by atoms with van der Waals surface area (Å²) in [4.78, 5) is 5.12. The monoisotopic (exact) mass is 323 g/mol. The van der Waals surface area contributed by atoms with Crippen LogP contribution in [0.15, 0.2) is 35.3 Å². The number of nitrogens with zero attached hydrogens (tertiary/aromatic N) is 1. The third-order valence-electron chi connectivity index (χ3n) is 3.06. The van der Waals surface area contributed by atoms with Crippen LogP contribution in [0.2, 0.25) is 0 Å². The lowest BCUT2D eigenvalue weighted by molar-refractivity contribution is 0.184. The molecule has 1 aromatic heterocycles. The van der Waals surface area contributed by atoms with E-state index in [0.717, 1.165) is 23.1 Å². The summed E-state index contributed by atoms with van der Waals surface area (Å²) in [5.74, 6) is 1.75. The number of nitrogens with one attached hydrogen (secondary N) is 2. The molecule has 0 aliphatic carbocycles. The quantitative estimate of drug-likeness (QED) is 0.434. The Kier molecular flexibility index (Phi) is 6.35. The van der Waals surface area contributed by atoms with Gasteiger partial charge in [-0.25, -0.2) is 0 Å². The van der Waals surface area contributed by atoms with Gasteiger partial charge in [-0.05, 0) is 23.8 Å². The van der Waals surface area contributed by atoms with Crippen LogP contribution in [0.5, 0.6) is 0 Å². The Labute approximate surface area is 133 Å². The van der Waals surface area contributed by atoms with Crippen molar-refractivity contribution < 1.29 is 5.11 Å². The number of rotatable bonds is 6. The number of guanidine groups is 1. The first-order valence-electron chi connectivity index (χ1n) is 6.84. The zero-order valence-electron chi connectivity index (χ0n) is 12.3. The Hall–Kier alpha value is -1.24. The Morgan fingerprint density at radius 3 is 2.90 bits per heavy atom. The van der Waals surface area contributed by atoms with Crippen molar-refractivity contribution in [3.05, 3.63) is 35.2 Å². The largest absolute Gasteiger partial charge is 0.386 e. The fourth-order valence-corrected chi connectivity index (χ4v) is 3.31. The van der Waals surface area contributed by atoms with E-state index in [0.29, 0.717) is 6.54 Å². The second-order valence-corrected chi connectivity index (χ2v) is 6.68. The predicted octanol–water partition coefficient (Wildman–Crippen LogP) is 2.46. The topological polar surface area (TPSA) is 56.7 Å². The normalized spacial score (nSPS) is 13.4. The van der Waals surface area contributed by atoms with Gasteiger partial charge in [0.05, 0.1) is 0 Å². The van der Waals surface area contributed by atoms with E-state index in [2.05, 4.69) is 40.1 Å². The zero-order valence-corrected chi connectivity index (χ0v) is 13.9. The smallest absolute Gasteiger partial charge is 0.191 e. The fraction of sp³-hybridized carbons (Fsp3) is 0.400. The first-order valence-corrected chi connectivity index (χ1v) is 9.05. The summed E-state index contributed by atoms with van der Waals surface area (Å²) in [5, 5.41) is 17.8. The van der Waals surface area contributed by atoms with Crippen LogP contribution in [0.4, 0.5) is 0 Å². The average molecular weight is 323 g/mol. The zero-order chi connectivity index (χ0) is 15.1. The molecule has 0 radical (unpaired) electrons. The second-order valence-electron chi connectivity index (χ2n) is 4.58. The summed E-state index contributed by atoms with van der Waals surface area (Å²) in [6.45, 7) is 1.31. The Morgan fingerprint density at radius 1 is 1.38 bits per heavy atom. The number of thioether (sulfide) groups is 1. The molecule has 0 saturated heterocycles. The van der Waals surface area contributed by atoms with Crippen LogP contribution in [-0.4, -0.2) is 43.2 Å². The van der Waals surface area contributed by atoms with Gasteiger partial charge in [0.15, 0.2) is 5.96 Å². The fourth-order valence-electron chi connectivity index (χ4n) is 1.95. The maximum Gasteiger partial charge on any atom is 0.191 e. The molecule has 21 heavy (non-hydrogen) atoms. The van der Waals surface area contributed by atoms with Gasteiger partial charge in [0, 0.05) is 35.5 Å². The molecular weight excluding hydrogens is 302 g/mol. The molecule has 114 valence electrons. The van der Waals surface area contributed by atoms with Crippen LogP contribution >= 0.6 is 23.1 Å². The molecule has 1 heterocycles. The average Bonchev–Trinajstić information content (AvgIpc) is 2.94. The SMILES string of the molecule is CN=C(NCCSC)NCC(O)c1cc2ccccc2s1. The Balaban J connectivity index is 1.90. The molecular formula is C15H21N3OS2. The van der Waals surface area contributed by atoms with Crippen molar-refractivity contribution in [2.45, 2.75) is 6.10 Å². The minimum atomic E-state index is -0.526. The highest BCUT2D eigenvalue weighted by atomic mass is 32.2. The van der Waals surface area contributed by atoms with Gasteiger partial charge >= 0.3 is 0 Å². The number of aliphatic hydroxyl groups excluding tert-OH is 1. The van der Waals surface area contributed by atoms with E-state index in [1.807, 2.05) is 12.1 Å². The number of aliphatic imine (C=N–C) groups is 1. The van der Waals surface area contributed by atoms with E-state index < -0.39 is 6.10 Å². The van der Waals surface area contributed by atoms with Crippen LogP contribution in [0.3, 0.4) is 0 Å². The van der Waals surface area contributed by atoms with E-state index in [1.54, 1.807) is 30.1 Å². The van der Waals surface area contributed by atoms with Crippen LogP contribution < -0.4 is 10.6 Å². The van der Waals surface area contributed by atoms with E-state index in [9.17, 15) is 5.11 Å². The summed E-state index contributed by atoms with van der Waals surface area (Å²) < 4.78 is 1.20. The first-order chi connectivity index (χ1) is 10.2. The van der Waals surface area contributed by atoms with Crippen LogP contribution in [0.1, 0.15) is 11.0 Å². The van der Waals surface area contributed by atoms with Crippen molar-refractivity contribution in [2.24, 2.45) is 4.99 Å². The lowest BCUT2D eigenvalue weighted by atomic mass is 10.2. The molecule has 6 heteroatoms. The highest BCUT2D eigenvalue weighted by molar-refractivity contribution is 7.98. The van der Waals surface area contributed by atoms with Crippen molar-refractivity contribution in [3.8, 4) is 0 Å². The molecule has 0 bridgehead atoms. The van der Waals surface area contributed by atoms with Gasteiger partial charge in [0.1, 0.15) is 6.10 Å². The number of aliphatic hydroxyl groups is 1. The van der Waals surface area contributed by atoms with Gasteiger partial charge < -0.3 is 15.7 Å². The molecule has 1 atom stereocenters. The van der Waals surface area contributed by atoms with Gasteiger partial charge in [0.2, 0.25) is 0 Å². The molecule has 0 spiro atoms. The van der Waals surface area contributed by atoms with Gasteiger partial charge in [-0.1, -0.05) is 18.2 Å². The summed E-state index contributed by atoms with van der Waals surface area (Å²) in [5.41, 5.74) is 0. The first kappa shape index (κ1) is 16.1. The lowest BCUT2D eigenvalue weighted by Gasteiger charge is -2.14. The second kappa shape index (κ2) is 8.26. The van der Waals surface area contributed by atoms with Gasteiger partial charge in [-0.15, -0.1) is 11.3 Å². The van der Waals surface area contributed by atoms with E-state index in [-0.39, 0.29) is 0 Å². The summed E-state index contributed by atoms with van der Waals surface area (Å²) in [6, 6.07) is 10.2. The molecule has 4 nitrogen and oxygen atoms in total. The van der Waals surface area contributed by atoms with Crippen LogP contribution in [-0.2, 0) is 0 Å². The molecule has 0 aliphatic heterocycles. The molecule has 1 aromatic carbocycles. The summed E-state index contributed by atoms with van der Waals surface area (Å²) in [6.07, 6.45) is 1.55. The molecule has 0 aliphatic rings. The lowest BCUT2D eigenvalue weighted by Crippen LogP contribution is -2.40. The molecule has 1 unspecified atom stereocenters. The molecule has 3 N–H and O–H groups in total. The summed E-state index contributed by atoms with van der Waals surface area (Å²) >= 11 is 3.42. The highest BCUT2D eigenvalue weighted by Gasteiger charge is 2.11. The summed E-state index contributed by atoms with van der Waals surface area (Å²) in [7, 11) is 1.74. The third-order valence-corrected chi connectivity index (χ3v) is 4.89. The molecule has 0 fully saturated rings. The maximum atomic E-state index is 10.3. The van der Waals surface area contributed by atoms with Crippen molar-refractivity contribution in [1.82, 2.24) is 10.6 Å². The van der Waals surface area contributed by atoms with Gasteiger partial charge in [0.25, 0.3) is 0 Å². The van der Waals surface area contributed by atoms with Crippen LogP contribution in [0.25, 0.3) is 10.1 Å². The van der Waals surface area contributed by atoms with Gasteiger partial charge in [-0.3, -0.25) is 4.99 Å². The number of hydrogen-bond donors (Lipinski definition) is 3. The van der Waals surface area contributed by atoms with Crippen molar-refractivity contribution in [3.63, 3.8) is 0 Å². The highest BCUT2D eigenvalue weighted by Crippen LogP contribution is 2.29. The maximum absolute atomic E-state index is 10.3. The van der Waals surface area contributed by atoms with E-state index in [4.69, 9.17) is 0 Å². The molecule has 2 aromatic rings. The molecule has 2 rings (SSSR count). The third kappa shape index (κ3) is 4.62. The van der Waals surface area contributed by atoms with E-state index >= 15 is 0 Å². The standard InChI is InChI=1S/C15H21N3OS2/c1-16-15(17-7-8-20-2)18-10-12(19)14-9-11-5-3-4-6-13(11)21-14/h3-6,9,12,19H,7-8,10H2,1-2H3,(H2,16,17,18).